The number of carbonyl (C=O) groups is 1. The van der Waals surface area contributed by atoms with E-state index >= 15 is 0 Å². The van der Waals surface area contributed by atoms with Crippen LogP contribution < -0.4 is 4.74 Å². The van der Waals surface area contributed by atoms with Crippen LogP contribution in [0.3, 0.4) is 0 Å². The lowest BCUT2D eigenvalue weighted by molar-refractivity contribution is 0.0922. The number of hydrogen-bond acceptors (Lipinski definition) is 2. The number of ether oxygens (including phenoxy) is 1. The molecular weight excluding hydrogens is 375 g/mol. The van der Waals surface area contributed by atoms with Crippen LogP contribution in [0.4, 0.5) is 0 Å². The molecule has 0 saturated carbocycles. The summed E-state index contributed by atoms with van der Waals surface area (Å²) >= 11 is 2.17. The van der Waals surface area contributed by atoms with Crippen molar-refractivity contribution in [1.29, 1.82) is 0 Å². The van der Waals surface area contributed by atoms with Gasteiger partial charge in [-0.2, -0.15) is 0 Å². The maximum Gasteiger partial charge on any atom is 0.201 e. The van der Waals surface area contributed by atoms with Crippen molar-refractivity contribution >= 4 is 39.1 Å². The first-order valence-corrected chi connectivity index (χ1v) is 7.72. The Kier molecular flexibility index (Phi) is 4.20. The van der Waals surface area contributed by atoms with Crippen molar-refractivity contribution < 1.29 is 9.53 Å². The van der Waals surface area contributed by atoms with Gasteiger partial charge in [0.25, 0.3) is 0 Å². The number of halogens is 1. The molecule has 3 aromatic carbocycles. The molecule has 0 unspecified atom stereocenters. The van der Waals surface area contributed by atoms with Gasteiger partial charge in [0.2, 0.25) is 5.78 Å². The van der Waals surface area contributed by atoms with E-state index in [1.165, 1.54) is 0 Å². The van der Waals surface area contributed by atoms with Gasteiger partial charge in [-0.3, -0.25) is 4.79 Å². The second kappa shape index (κ2) is 6.26. The summed E-state index contributed by atoms with van der Waals surface area (Å²) in [5.74, 6) is 0.736. The van der Waals surface area contributed by atoms with E-state index < -0.39 is 0 Å². The average molecular weight is 388 g/mol. The third-order valence-corrected chi connectivity index (χ3v) is 4.22. The first kappa shape index (κ1) is 14.1. The van der Waals surface area contributed by atoms with Gasteiger partial charge in [0, 0.05) is 14.5 Å². The molecule has 0 radical (unpaired) electrons. The van der Waals surface area contributed by atoms with Gasteiger partial charge in [-0.25, -0.2) is 0 Å². The quantitative estimate of drug-likeness (QED) is 0.478. The Hall–Kier alpha value is -1.88. The third kappa shape index (κ3) is 3.08. The van der Waals surface area contributed by atoms with Crippen molar-refractivity contribution in [3.8, 4) is 5.75 Å². The largest absolute Gasteiger partial charge is 0.485 e. The zero-order valence-electron chi connectivity index (χ0n) is 11.3. The Labute approximate surface area is 136 Å². The van der Waals surface area contributed by atoms with Gasteiger partial charge >= 0.3 is 0 Å². The summed E-state index contributed by atoms with van der Waals surface area (Å²) < 4.78 is 6.68. The minimum atomic E-state index is -0.00654. The van der Waals surface area contributed by atoms with Crippen molar-refractivity contribution in [3.05, 3.63) is 75.9 Å². The van der Waals surface area contributed by atoms with Gasteiger partial charge in [-0.15, -0.1) is 0 Å². The Morgan fingerprint density at radius 1 is 0.905 bits per heavy atom. The number of ketones is 1. The fourth-order valence-corrected chi connectivity index (χ4v) is 2.92. The van der Waals surface area contributed by atoms with E-state index in [0.717, 1.165) is 20.1 Å². The molecule has 0 fully saturated rings. The van der Waals surface area contributed by atoms with Crippen LogP contribution in [0.1, 0.15) is 10.4 Å². The summed E-state index contributed by atoms with van der Waals surface area (Å²) in [6.45, 7) is 0.0496. The van der Waals surface area contributed by atoms with Crippen LogP contribution in [0.25, 0.3) is 10.8 Å². The molecule has 2 nitrogen and oxygen atoms in total. The summed E-state index contributed by atoms with van der Waals surface area (Å²) in [6.07, 6.45) is 0. The summed E-state index contributed by atoms with van der Waals surface area (Å²) in [4.78, 5) is 12.2. The summed E-state index contributed by atoms with van der Waals surface area (Å²) in [6, 6.07) is 21.4. The lowest BCUT2D eigenvalue weighted by atomic mass is 10.1. The van der Waals surface area contributed by atoms with Crippen LogP contribution in [0.5, 0.6) is 5.75 Å². The molecular formula is C18H13IO2. The highest BCUT2D eigenvalue weighted by Gasteiger charge is 2.11. The highest BCUT2D eigenvalue weighted by molar-refractivity contribution is 14.1. The van der Waals surface area contributed by atoms with Crippen molar-refractivity contribution in [2.75, 3.05) is 6.61 Å². The predicted molar refractivity (Wildman–Crippen MR) is 92.9 cm³/mol. The van der Waals surface area contributed by atoms with E-state index in [0.29, 0.717) is 5.56 Å². The number of benzene rings is 3. The molecule has 3 aromatic rings. The molecule has 0 N–H and O–H groups in total. The molecule has 0 heterocycles. The molecule has 0 atom stereocenters. The topological polar surface area (TPSA) is 26.3 Å². The Balaban J connectivity index is 1.81. The van der Waals surface area contributed by atoms with E-state index in [2.05, 4.69) is 22.6 Å². The number of fused-ring (bicyclic) bond motifs is 1. The average Bonchev–Trinajstić information content (AvgIpc) is 2.53. The van der Waals surface area contributed by atoms with Crippen LogP contribution >= 0.6 is 22.6 Å². The highest BCUT2D eigenvalue weighted by Crippen LogP contribution is 2.25. The fourth-order valence-electron chi connectivity index (χ4n) is 2.23. The van der Waals surface area contributed by atoms with E-state index in [4.69, 9.17) is 4.74 Å². The van der Waals surface area contributed by atoms with Crippen LogP contribution in [-0.4, -0.2) is 12.4 Å². The minimum absolute atomic E-state index is 0.00654. The molecule has 0 aliphatic carbocycles. The van der Waals surface area contributed by atoms with Gasteiger partial charge in [0.1, 0.15) is 5.75 Å². The van der Waals surface area contributed by atoms with E-state index in [1.54, 1.807) is 0 Å². The third-order valence-electron chi connectivity index (χ3n) is 3.28. The highest BCUT2D eigenvalue weighted by atomic mass is 127. The van der Waals surface area contributed by atoms with Crippen molar-refractivity contribution in [3.63, 3.8) is 0 Å². The number of hydrogen-bond donors (Lipinski definition) is 0. The van der Waals surface area contributed by atoms with Crippen molar-refractivity contribution in [2.24, 2.45) is 0 Å². The van der Waals surface area contributed by atoms with Crippen LogP contribution in [0.15, 0.2) is 66.7 Å². The van der Waals surface area contributed by atoms with Gasteiger partial charge < -0.3 is 4.74 Å². The number of rotatable bonds is 4. The van der Waals surface area contributed by atoms with E-state index in [-0.39, 0.29) is 12.4 Å². The maximum atomic E-state index is 12.2. The van der Waals surface area contributed by atoms with Gasteiger partial charge in [-0.05, 0) is 40.1 Å². The van der Waals surface area contributed by atoms with Crippen LogP contribution in [0.2, 0.25) is 0 Å². The number of Topliss-reactive ketones (excluding diaryl/α,β-unsaturated/α-hetero) is 1. The van der Waals surface area contributed by atoms with Gasteiger partial charge in [0.05, 0.1) is 0 Å². The Bertz CT molecular complexity index is 791. The molecule has 0 aliphatic rings. The fraction of sp³-hybridized carbons (Fsp3) is 0.0556. The molecule has 0 bridgehead atoms. The molecule has 104 valence electrons. The molecule has 0 aliphatic heterocycles. The Morgan fingerprint density at radius 2 is 1.62 bits per heavy atom. The standard InChI is InChI=1S/C18H13IO2/c19-16-10-4-3-9-15(16)17(20)12-21-18-11-5-7-13-6-1-2-8-14(13)18/h1-11H,12H2. The number of carbonyl (C=O) groups excluding carboxylic acids is 1. The summed E-state index contributed by atoms with van der Waals surface area (Å²) in [5, 5.41) is 2.13. The van der Waals surface area contributed by atoms with Crippen LogP contribution in [-0.2, 0) is 0 Å². The first-order chi connectivity index (χ1) is 10.3. The van der Waals surface area contributed by atoms with E-state index in [1.807, 2.05) is 66.7 Å². The zero-order valence-corrected chi connectivity index (χ0v) is 13.4. The SMILES string of the molecule is O=C(COc1cccc2ccccc12)c1ccccc1I. The maximum absolute atomic E-state index is 12.2. The van der Waals surface area contributed by atoms with Crippen LogP contribution in [0, 0.1) is 3.57 Å². The molecule has 3 heteroatoms. The molecule has 0 amide bonds. The first-order valence-electron chi connectivity index (χ1n) is 6.64. The minimum Gasteiger partial charge on any atom is -0.485 e. The molecule has 0 aromatic heterocycles. The Morgan fingerprint density at radius 3 is 2.48 bits per heavy atom. The van der Waals surface area contributed by atoms with Gasteiger partial charge in [0.15, 0.2) is 6.61 Å². The second-order valence-electron chi connectivity index (χ2n) is 4.67. The normalized spacial score (nSPS) is 10.5. The molecule has 3 rings (SSSR count). The summed E-state index contributed by atoms with van der Waals surface area (Å²) in [5.41, 5.74) is 0.707. The molecule has 21 heavy (non-hydrogen) atoms. The monoisotopic (exact) mass is 388 g/mol. The lowest BCUT2D eigenvalue weighted by Crippen LogP contribution is -2.13. The smallest absolute Gasteiger partial charge is 0.201 e. The zero-order chi connectivity index (χ0) is 14.7. The lowest BCUT2D eigenvalue weighted by Gasteiger charge is -2.09. The summed E-state index contributed by atoms with van der Waals surface area (Å²) in [7, 11) is 0. The van der Waals surface area contributed by atoms with Gasteiger partial charge in [-0.1, -0.05) is 54.6 Å². The predicted octanol–water partition coefficient (Wildman–Crippen LogP) is 4.71. The molecule has 0 spiro atoms. The van der Waals surface area contributed by atoms with E-state index in [9.17, 15) is 4.79 Å². The second-order valence-corrected chi connectivity index (χ2v) is 5.83. The van der Waals surface area contributed by atoms with Crippen molar-refractivity contribution in [2.45, 2.75) is 0 Å². The van der Waals surface area contributed by atoms with Crippen molar-refractivity contribution in [1.82, 2.24) is 0 Å². The molecule has 0 saturated heterocycles.